The molecule has 0 bridgehead atoms. The van der Waals surface area contributed by atoms with Crippen LogP contribution in [0.2, 0.25) is 0 Å². The van der Waals surface area contributed by atoms with Crippen molar-refractivity contribution in [2.24, 2.45) is 0 Å². The number of nitrogens with one attached hydrogen (secondary N) is 1. The molecule has 1 amide bonds. The molecule has 1 fully saturated rings. The van der Waals surface area contributed by atoms with Crippen molar-refractivity contribution >= 4 is 23.8 Å². The average Bonchev–Trinajstić information content (AvgIpc) is 2.67. The van der Waals surface area contributed by atoms with Gasteiger partial charge >= 0.3 is 17.9 Å². The number of methoxy groups -OCH3 is 1. The van der Waals surface area contributed by atoms with E-state index < -0.39 is 36.0 Å². The second-order valence-electron chi connectivity index (χ2n) is 5.78. The van der Waals surface area contributed by atoms with Gasteiger partial charge in [0.2, 0.25) is 5.75 Å². The Morgan fingerprint density at radius 2 is 2.07 bits per heavy atom. The molecule has 0 aromatic carbocycles. The standard InChI is InChI=1S/C17H20N2O8/c1-9-4-5-13(21)25-8-11(17(23)26-9)19-16(22)14-15(27-10(2)20)12(24-3)6-7-18-14/h6-7,9,11H,4-5,8H2,1-3H3,(H,19,22)/t9-,11-/m0/s1. The van der Waals surface area contributed by atoms with E-state index in [2.05, 4.69) is 10.3 Å². The van der Waals surface area contributed by atoms with Gasteiger partial charge in [-0.1, -0.05) is 0 Å². The van der Waals surface area contributed by atoms with Crippen LogP contribution in [0, 0.1) is 0 Å². The zero-order valence-corrected chi connectivity index (χ0v) is 15.1. The summed E-state index contributed by atoms with van der Waals surface area (Å²) in [6.07, 6.45) is 1.20. The number of pyridine rings is 1. The van der Waals surface area contributed by atoms with Crippen LogP contribution in [0.3, 0.4) is 0 Å². The van der Waals surface area contributed by atoms with Crippen molar-refractivity contribution in [1.82, 2.24) is 10.3 Å². The SMILES string of the molecule is COc1ccnc(C(=O)N[C@H]2COC(=O)CC[C@H](C)OC2=O)c1OC(C)=O. The Bertz CT molecular complexity index is 748. The average molecular weight is 380 g/mol. The van der Waals surface area contributed by atoms with E-state index in [0.717, 1.165) is 6.92 Å². The molecule has 10 nitrogen and oxygen atoms in total. The van der Waals surface area contributed by atoms with Crippen molar-refractivity contribution in [1.29, 1.82) is 0 Å². The fourth-order valence-corrected chi connectivity index (χ4v) is 2.30. The van der Waals surface area contributed by atoms with Gasteiger partial charge in [0, 0.05) is 25.6 Å². The van der Waals surface area contributed by atoms with Gasteiger partial charge in [-0.15, -0.1) is 0 Å². The summed E-state index contributed by atoms with van der Waals surface area (Å²) in [6, 6.07) is 0.174. The minimum absolute atomic E-state index is 0.100. The van der Waals surface area contributed by atoms with E-state index in [1.807, 2.05) is 0 Å². The van der Waals surface area contributed by atoms with Crippen molar-refractivity contribution < 1.29 is 38.1 Å². The molecule has 1 aromatic heterocycles. The van der Waals surface area contributed by atoms with Crippen LogP contribution in [0.25, 0.3) is 0 Å². The maximum atomic E-state index is 12.6. The number of rotatable bonds is 4. The van der Waals surface area contributed by atoms with Crippen molar-refractivity contribution in [3.05, 3.63) is 18.0 Å². The maximum Gasteiger partial charge on any atom is 0.332 e. The van der Waals surface area contributed by atoms with Crippen LogP contribution in [0.5, 0.6) is 11.5 Å². The molecule has 2 atom stereocenters. The van der Waals surface area contributed by atoms with Gasteiger partial charge in [0.1, 0.15) is 6.61 Å². The highest BCUT2D eigenvalue weighted by molar-refractivity contribution is 5.98. The fourth-order valence-electron chi connectivity index (χ4n) is 2.30. The molecule has 1 saturated heterocycles. The van der Waals surface area contributed by atoms with Gasteiger partial charge in [0.25, 0.3) is 5.91 Å². The smallest absolute Gasteiger partial charge is 0.332 e. The molecule has 10 heteroatoms. The Kier molecular flexibility index (Phi) is 6.69. The summed E-state index contributed by atoms with van der Waals surface area (Å²) >= 11 is 0. The molecule has 146 valence electrons. The van der Waals surface area contributed by atoms with E-state index in [4.69, 9.17) is 18.9 Å². The Balaban J connectivity index is 2.25. The van der Waals surface area contributed by atoms with Crippen LogP contribution in [0.1, 0.15) is 37.2 Å². The second kappa shape index (κ2) is 8.97. The summed E-state index contributed by atoms with van der Waals surface area (Å²) in [7, 11) is 1.33. The first kappa shape index (κ1) is 20.1. The van der Waals surface area contributed by atoms with Crippen molar-refractivity contribution in [2.45, 2.75) is 38.8 Å². The van der Waals surface area contributed by atoms with Gasteiger partial charge in [-0.3, -0.25) is 14.4 Å². The lowest BCUT2D eigenvalue weighted by atomic mass is 10.2. The molecule has 2 rings (SSSR count). The maximum absolute atomic E-state index is 12.6. The van der Waals surface area contributed by atoms with Gasteiger partial charge in [0.15, 0.2) is 17.5 Å². The highest BCUT2D eigenvalue weighted by atomic mass is 16.6. The molecule has 0 radical (unpaired) electrons. The first-order valence-electron chi connectivity index (χ1n) is 8.20. The van der Waals surface area contributed by atoms with E-state index in [-0.39, 0.29) is 30.2 Å². The van der Waals surface area contributed by atoms with Gasteiger partial charge in [-0.25, -0.2) is 9.78 Å². The van der Waals surface area contributed by atoms with Gasteiger partial charge in [-0.05, 0) is 13.3 Å². The molecular weight excluding hydrogens is 360 g/mol. The lowest BCUT2D eigenvalue weighted by molar-refractivity contribution is -0.152. The van der Waals surface area contributed by atoms with E-state index in [1.54, 1.807) is 6.92 Å². The van der Waals surface area contributed by atoms with Crippen LogP contribution < -0.4 is 14.8 Å². The summed E-state index contributed by atoms with van der Waals surface area (Å²) < 4.78 is 20.3. The first-order chi connectivity index (χ1) is 12.8. The predicted octanol–water partition coefficient (Wildman–Crippen LogP) is 0.383. The highest BCUT2D eigenvalue weighted by Crippen LogP contribution is 2.29. The number of amides is 1. The molecule has 1 N–H and O–H groups in total. The first-order valence-corrected chi connectivity index (χ1v) is 8.20. The number of carbonyl (C=O) groups is 4. The minimum atomic E-state index is -1.24. The second-order valence-corrected chi connectivity index (χ2v) is 5.78. The number of hydrogen-bond acceptors (Lipinski definition) is 9. The number of carbonyl (C=O) groups excluding carboxylic acids is 4. The highest BCUT2D eigenvalue weighted by Gasteiger charge is 2.30. The number of esters is 3. The summed E-state index contributed by atoms with van der Waals surface area (Å²) in [5.74, 6) is -2.83. The molecule has 1 aliphatic heterocycles. The van der Waals surface area contributed by atoms with Crippen LogP contribution in [-0.2, 0) is 23.9 Å². The third-order valence-corrected chi connectivity index (χ3v) is 3.62. The molecular formula is C17H20N2O8. The summed E-state index contributed by atoms with van der Waals surface area (Å²) in [5, 5.41) is 2.39. The number of cyclic esters (lactones) is 2. The van der Waals surface area contributed by atoms with Crippen LogP contribution in [-0.4, -0.2) is 54.7 Å². The van der Waals surface area contributed by atoms with E-state index in [1.165, 1.54) is 19.4 Å². The minimum Gasteiger partial charge on any atom is -0.493 e. The van der Waals surface area contributed by atoms with Crippen molar-refractivity contribution in [3.8, 4) is 11.5 Å². The number of hydrogen-bond donors (Lipinski definition) is 1. The largest absolute Gasteiger partial charge is 0.493 e. The Labute approximate surface area is 155 Å². The topological polar surface area (TPSA) is 130 Å². The molecule has 2 heterocycles. The van der Waals surface area contributed by atoms with Gasteiger partial charge in [-0.2, -0.15) is 0 Å². The van der Waals surface area contributed by atoms with Gasteiger partial charge < -0.3 is 24.3 Å². The number of aromatic nitrogens is 1. The van der Waals surface area contributed by atoms with E-state index in [9.17, 15) is 19.2 Å². The molecule has 0 aliphatic carbocycles. The monoisotopic (exact) mass is 380 g/mol. The lowest BCUT2D eigenvalue weighted by Gasteiger charge is -2.19. The van der Waals surface area contributed by atoms with Crippen molar-refractivity contribution in [3.63, 3.8) is 0 Å². The van der Waals surface area contributed by atoms with Crippen LogP contribution >= 0.6 is 0 Å². The molecule has 0 spiro atoms. The third kappa shape index (κ3) is 5.40. The Morgan fingerprint density at radius 1 is 1.33 bits per heavy atom. The Morgan fingerprint density at radius 3 is 2.74 bits per heavy atom. The lowest BCUT2D eigenvalue weighted by Crippen LogP contribution is -2.46. The predicted molar refractivity (Wildman–Crippen MR) is 89.1 cm³/mol. The summed E-state index contributed by atoms with van der Waals surface area (Å²) in [5.41, 5.74) is -0.267. The molecule has 27 heavy (non-hydrogen) atoms. The van der Waals surface area contributed by atoms with Gasteiger partial charge in [0.05, 0.1) is 13.2 Å². The number of ether oxygens (including phenoxy) is 4. The quantitative estimate of drug-likeness (QED) is 0.737. The van der Waals surface area contributed by atoms with Crippen LogP contribution in [0.4, 0.5) is 0 Å². The van der Waals surface area contributed by atoms with Crippen LogP contribution in [0.15, 0.2) is 12.3 Å². The summed E-state index contributed by atoms with van der Waals surface area (Å²) in [4.78, 5) is 51.7. The third-order valence-electron chi connectivity index (χ3n) is 3.62. The normalized spacial score (nSPS) is 20.3. The number of nitrogens with zero attached hydrogens (tertiary/aromatic N) is 1. The molecule has 0 saturated carbocycles. The molecule has 1 aromatic rings. The molecule has 0 unspecified atom stereocenters. The molecule has 1 aliphatic rings. The van der Waals surface area contributed by atoms with Crippen molar-refractivity contribution in [2.75, 3.05) is 13.7 Å². The summed E-state index contributed by atoms with van der Waals surface area (Å²) in [6.45, 7) is 2.41. The Hall–Kier alpha value is -3.17. The van der Waals surface area contributed by atoms with E-state index >= 15 is 0 Å². The zero-order valence-electron chi connectivity index (χ0n) is 15.1. The fraction of sp³-hybridized carbons (Fsp3) is 0.471. The zero-order chi connectivity index (χ0) is 20.0. The van der Waals surface area contributed by atoms with E-state index in [0.29, 0.717) is 6.42 Å².